The molecule has 3 aromatic heterocycles. The van der Waals surface area contributed by atoms with E-state index in [0.717, 1.165) is 29.8 Å². The van der Waals surface area contributed by atoms with E-state index in [9.17, 15) is 4.79 Å². The molecule has 5 rings (SSSR count). The monoisotopic (exact) mass is 438 g/mol. The third-order valence-corrected chi connectivity index (χ3v) is 5.87. The highest BCUT2D eigenvalue weighted by atomic mass is 35.5. The Kier molecular flexibility index (Phi) is 4.98. The van der Waals surface area contributed by atoms with Gasteiger partial charge in [-0.2, -0.15) is 0 Å². The minimum Gasteiger partial charge on any atom is -0.422 e. The molecule has 0 amide bonds. The zero-order chi connectivity index (χ0) is 20.7. The zero-order valence-corrected chi connectivity index (χ0v) is 17.3. The predicted octanol–water partition coefficient (Wildman–Crippen LogP) is 4.51. The lowest BCUT2D eigenvalue weighted by Gasteiger charge is -2.28. The molecule has 150 valence electrons. The number of fused-ring (bicyclic) bond motifs is 2. The van der Waals surface area contributed by atoms with Crippen LogP contribution < -0.4 is 5.63 Å². The molecular formula is C22H16Cl2N4O2. The van der Waals surface area contributed by atoms with Crippen molar-refractivity contribution in [3.8, 4) is 11.4 Å². The van der Waals surface area contributed by atoms with Crippen LogP contribution in [-0.2, 0) is 19.5 Å². The molecule has 0 radical (unpaired) electrons. The van der Waals surface area contributed by atoms with E-state index in [-0.39, 0.29) is 0 Å². The third-order valence-electron chi connectivity index (χ3n) is 5.21. The Morgan fingerprint density at radius 2 is 2.07 bits per heavy atom. The molecule has 4 heterocycles. The van der Waals surface area contributed by atoms with Crippen molar-refractivity contribution in [3.05, 3.63) is 86.2 Å². The fraction of sp³-hybridized carbons (Fsp3) is 0.182. The van der Waals surface area contributed by atoms with E-state index < -0.39 is 5.63 Å². The first kappa shape index (κ1) is 19.2. The number of nitrogens with zero attached hydrogens (tertiary/aromatic N) is 4. The highest BCUT2D eigenvalue weighted by Gasteiger charge is 2.22. The number of halogens is 2. The van der Waals surface area contributed by atoms with E-state index in [0.29, 0.717) is 45.5 Å². The first-order valence-electron chi connectivity index (χ1n) is 9.47. The van der Waals surface area contributed by atoms with Gasteiger partial charge in [-0.05, 0) is 30.3 Å². The van der Waals surface area contributed by atoms with Crippen molar-refractivity contribution in [2.75, 3.05) is 6.54 Å². The second-order valence-corrected chi connectivity index (χ2v) is 8.00. The minimum absolute atomic E-state index is 0.382. The van der Waals surface area contributed by atoms with Gasteiger partial charge in [0.2, 0.25) is 0 Å². The molecule has 0 spiro atoms. The van der Waals surface area contributed by atoms with Crippen LogP contribution in [-0.4, -0.2) is 26.4 Å². The van der Waals surface area contributed by atoms with E-state index in [1.165, 1.54) is 0 Å². The Bertz CT molecular complexity index is 1310. The summed E-state index contributed by atoms with van der Waals surface area (Å²) in [5.41, 5.74) is 3.38. The largest absolute Gasteiger partial charge is 0.422 e. The zero-order valence-electron chi connectivity index (χ0n) is 15.8. The van der Waals surface area contributed by atoms with Gasteiger partial charge in [0.25, 0.3) is 0 Å². The molecule has 1 aliphatic rings. The molecule has 0 atom stereocenters. The van der Waals surface area contributed by atoms with Crippen molar-refractivity contribution in [3.63, 3.8) is 0 Å². The molecule has 1 aliphatic heterocycles. The van der Waals surface area contributed by atoms with Gasteiger partial charge < -0.3 is 4.42 Å². The maximum atomic E-state index is 12.5. The number of hydrogen-bond acceptors (Lipinski definition) is 6. The number of aromatic nitrogens is 3. The lowest BCUT2D eigenvalue weighted by atomic mass is 10.1. The molecule has 8 heteroatoms. The summed E-state index contributed by atoms with van der Waals surface area (Å²) in [6.45, 7) is 1.76. The van der Waals surface area contributed by atoms with Gasteiger partial charge in [0.15, 0.2) is 5.82 Å². The quantitative estimate of drug-likeness (QED) is 0.438. The Morgan fingerprint density at radius 3 is 2.90 bits per heavy atom. The van der Waals surface area contributed by atoms with Gasteiger partial charge in [-0.25, -0.2) is 14.8 Å². The summed E-state index contributed by atoms with van der Waals surface area (Å²) in [4.78, 5) is 28.0. The van der Waals surface area contributed by atoms with Gasteiger partial charge in [0.1, 0.15) is 5.58 Å². The molecule has 0 saturated heterocycles. The SMILES string of the molecule is O=c1oc2ccc(Cl)cc2c(Cl)c1CN1CCc2nc(-c3cccnc3)ncc2C1. The average Bonchev–Trinajstić information content (AvgIpc) is 2.77. The van der Waals surface area contributed by atoms with E-state index in [1.807, 2.05) is 18.3 Å². The summed E-state index contributed by atoms with van der Waals surface area (Å²) in [7, 11) is 0. The van der Waals surface area contributed by atoms with E-state index in [4.69, 9.17) is 32.6 Å². The van der Waals surface area contributed by atoms with Gasteiger partial charge in [-0.3, -0.25) is 9.88 Å². The third kappa shape index (κ3) is 3.58. The van der Waals surface area contributed by atoms with Crippen LogP contribution in [0.1, 0.15) is 16.8 Å². The molecule has 0 bridgehead atoms. The molecule has 30 heavy (non-hydrogen) atoms. The maximum absolute atomic E-state index is 12.5. The summed E-state index contributed by atoms with van der Waals surface area (Å²) < 4.78 is 5.45. The average molecular weight is 439 g/mol. The van der Waals surface area contributed by atoms with Gasteiger partial charge in [0.05, 0.1) is 16.3 Å². The fourth-order valence-electron chi connectivity index (χ4n) is 3.68. The van der Waals surface area contributed by atoms with Crippen LogP contribution in [0.5, 0.6) is 0 Å². The molecule has 0 N–H and O–H groups in total. The topological polar surface area (TPSA) is 72.1 Å². The maximum Gasteiger partial charge on any atom is 0.342 e. The number of rotatable bonds is 3. The van der Waals surface area contributed by atoms with Crippen LogP contribution in [0.2, 0.25) is 10.0 Å². The van der Waals surface area contributed by atoms with Crippen LogP contribution in [0.4, 0.5) is 0 Å². The van der Waals surface area contributed by atoms with Crippen molar-refractivity contribution in [2.24, 2.45) is 0 Å². The molecule has 0 saturated carbocycles. The summed E-state index contributed by atoms with van der Waals surface area (Å²) in [6.07, 6.45) is 6.08. The summed E-state index contributed by atoms with van der Waals surface area (Å²) in [5.74, 6) is 0.672. The Morgan fingerprint density at radius 1 is 1.17 bits per heavy atom. The number of pyridine rings is 1. The molecule has 4 aromatic rings. The van der Waals surface area contributed by atoms with Crippen molar-refractivity contribution in [1.29, 1.82) is 0 Å². The smallest absolute Gasteiger partial charge is 0.342 e. The molecule has 0 fully saturated rings. The lowest BCUT2D eigenvalue weighted by Crippen LogP contribution is -2.32. The van der Waals surface area contributed by atoms with Gasteiger partial charge in [0, 0.05) is 66.2 Å². The van der Waals surface area contributed by atoms with Crippen LogP contribution >= 0.6 is 23.2 Å². The lowest BCUT2D eigenvalue weighted by molar-refractivity contribution is 0.240. The number of benzene rings is 1. The Hall–Kier alpha value is -2.80. The van der Waals surface area contributed by atoms with Gasteiger partial charge >= 0.3 is 5.63 Å². The van der Waals surface area contributed by atoms with E-state index in [1.54, 1.807) is 30.6 Å². The summed E-state index contributed by atoms with van der Waals surface area (Å²) >= 11 is 12.6. The minimum atomic E-state index is -0.427. The number of hydrogen-bond donors (Lipinski definition) is 0. The van der Waals surface area contributed by atoms with E-state index >= 15 is 0 Å². The first-order valence-corrected chi connectivity index (χ1v) is 10.2. The van der Waals surface area contributed by atoms with Crippen LogP contribution in [0.25, 0.3) is 22.4 Å². The standard InChI is InChI=1S/C22H16Cl2N4O2/c23-15-3-4-19-16(8-15)20(24)17(22(29)30-19)12-28-7-5-18-14(11-28)10-26-21(27-18)13-2-1-6-25-9-13/h1-4,6,8-10H,5,7,11-12H2. The van der Waals surface area contributed by atoms with E-state index in [2.05, 4.69) is 14.9 Å². The second kappa shape index (κ2) is 7.80. The second-order valence-electron chi connectivity index (χ2n) is 7.19. The molecular weight excluding hydrogens is 423 g/mol. The van der Waals surface area contributed by atoms with Crippen LogP contribution in [0, 0.1) is 0 Å². The van der Waals surface area contributed by atoms with Crippen molar-refractivity contribution >= 4 is 34.2 Å². The van der Waals surface area contributed by atoms with Crippen molar-refractivity contribution < 1.29 is 4.42 Å². The van der Waals surface area contributed by atoms with Crippen LogP contribution in [0.15, 0.2) is 58.1 Å². The highest BCUT2D eigenvalue weighted by molar-refractivity contribution is 6.37. The molecule has 0 unspecified atom stereocenters. The van der Waals surface area contributed by atoms with Gasteiger partial charge in [-0.1, -0.05) is 23.2 Å². The summed E-state index contributed by atoms with van der Waals surface area (Å²) in [6, 6.07) is 8.85. The molecule has 1 aromatic carbocycles. The predicted molar refractivity (Wildman–Crippen MR) is 116 cm³/mol. The Labute approximate surface area is 182 Å². The highest BCUT2D eigenvalue weighted by Crippen LogP contribution is 2.29. The Balaban J connectivity index is 1.41. The fourth-order valence-corrected chi connectivity index (χ4v) is 4.13. The molecule has 6 nitrogen and oxygen atoms in total. The normalized spacial score (nSPS) is 14.1. The molecule has 0 aliphatic carbocycles. The van der Waals surface area contributed by atoms with Crippen LogP contribution in [0.3, 0.4) is 0 Å². The van der Waals surface area contributed by atoms with Crippen molar-refractivity contribution in [1.82, 2.24) is 19.9 Å². The van der Waals surface area contributed by atoms with Gasteiger partial charge in [-0.15, -0.1) is 0 Å². The first-order chi connectivity index (χ1) is 14.6. The summed E-state index contributed by atoms with van der Waals surface area (Å²) in [5, 5.41) is 1.57. The van der Waals surface area contributed by atoms with Crippen molar-refractivity contribution in [2.45, 2.75) is 19.5 Å².